The molecule has 0 bridgehead atoms. The number of nitrogens with one attached hydrogen (secondary N) is 3. The number of carbonyl (C=O) groups is 4. The zero-order valence-electron chi connectivity index (χ0n) is 20.1. The number of carbonyl (C=O) groups excluding carboxylic acids is 3. The minimum absolute atomic E-state index is 0.00548. The predicted octanol–water partition coefficient (Wildman–Crippen LogP) is -2.52. The summed E-state index contributed by atoms with van der Waals surface area (Å²) in [4.78, 5) is 53.5. The molecule has 0 aromatic heterocycles. The molecule has 3 saturated heterocycles. The van der Waals surface area contributed by atoms with Crippen LogP contribution in [-0.2, 0) is 19.2 Å². The van der Waals surface area contributed by atoms with E-state index < -0.39 is 36.1 Å². The van der Waals surface area contributed by atoms with Gasteiger partial charge in [-0.1, -0.05) is 6.92 Å². The second-order valence-electron chi connectivity index (χ2n) is 9.83. The minimum Gasteiger partial charge on any atom is -0.477 e. The summed E-state index contributed by atoms with van der Waals surface area (Å²) in [5, 5.41) is 28.6. The number of fused-ring (bicyclic) bond motifs is 1. The first kappa shape index (κ1) is 25.9. The molecule has 4 aliphatic heterocycles. The number of aliphatic hydroxyl groups is 1. The van der Waals surface area contributed by atoms with Crippen molar-refractivity contribution in [2.24, 2.45) is 17.6 Å². The Labute approximate surface area is 208 Å². The van der Waals surface area contributed by atoms with Gasteiger partial charge in [0.2, 0.25) is 17.7 Å². The maximum Gasteiger partial charge on any atom is 0.353 e. The number of rotatable bonds is 8. The third-order valence-electron chi connectivity index (χ3n) is 7.38. The van der Waals surface area contributed by atoms with E-state index in [9.17, 15) is 29.4 Å². The number of nitrogens with two attached hydrogens (primary N) is 1. The van der Waals surface area contributed by atoms with Gasteiger partial charge in [-0.2, -0.15) is 0 Å². The van der Waals surface area contributed by atoms with Crippen LogP contribution >= 0.6 is 11.8 Å². The van der Waals surface area contributed by atoms with Crippen molar-refractivity contribution in [3.8, 4) is 0 Å². The number of likely N-dealkylation sites (N-methyl/N-ethyl adjacent to an activating group) is 1. The molecule has 35 heavy (non-hydrogen) atoms. The first-order chi connectivity index (χ1) is 16.5. The smallest absolute Gasteiger partial charge is 0.353 e. The Kier molecular flexibility index (Phi) is 7.44. The normalized spacial score (nSPS) is 35.2. The van der Waals surface area contributed by atoms with E-state index in [2.05, 4.69) is 16.0 Å². The highest BCUT2D eigenvalue weighted by Crippen LogP contribution is 2.51. The highest BCUT2D eigenvalue weighted by Gasteiger charge is 2.60. The number of aliphatic carboxylic acids is 1. The van der Waals surface area contributed by atoms with Gasteiger partial charge in [-0.3, -0.25) is 14.4 Å². The van der Waals surface area contributed by atoms with E-state index in [4.69, 9.17) is 5.73 Å². The highest BCUT2D eigenvalue weighted by molar-refractivity contribution is 8.03. The molecule has 0 aromatic rings. The number of aliphatic hydroxyl groups excluding tert-OH is 1. The van der Waals surface area contributed by atoms with Gasteiger partial charge in [0.05, 0.1) is 30.7 Å². The lowest BCUT2D eigenvalue weighted by Gasteiger charge is -2.47. The zero-order valence-corrected chi connectivity index (χ0v) is 20.9. The average Bonchev–Trinajstić information content (AvgIpc) is 3.45. The van der Waals surface area contributed by atoms with Gasteiger partial charge < -0.3 is 41.7 Å². The fourth-order valence-corrected chi connectivity index (χ4v) is 7.10. The van der Waals surface area contributed by atoms with Crippen LogP contribution in [0.5, 0.6) is 0 Å². The van der Waals surface area contributed by atoms with Crippen LogP contribution in [-0.4, -0.2) is 112 Å². The first-order valence-electron chi connectivity index (χ1n) is 11.9. The number of likely N-dealkylation sites (tertiary alicyclic amines) is 1. The van der Waals surface area contributed by atoms with Gasteiger partial charge in [0.25, 0.3) is 0 Å². The summed E-state index contributed by atoms with van der Waals surface area (Å²) in [7, 11) is 1.66. The Balaban J connectivity index is 1.43. The van der Waals surface area contributed by atoms with Crippen molar-refractivity contribution in [2.45, 2.75) is 55.8 Å². The Morgan fingerprint density at radius 1 is 1.31 bits per heavy atom. The standard InChI is InChI=1S/C22H34N6O6S/c1-9-17-16(10(2)26-15(30)6-24-3)21(32)28(17)18(22(33)34)19(9)35-11-4-13(25-5-11)20(31)27-7-12(23)14(29)8-27/h9-14,16-17,24-25,29H,4-8,23H2,1-3H3,(H,26,30)(H,33,34)/t9-,10-,11+,12-,13+,14-,16-,17-/m1/s1. The number of amides is 3. The van der Waals surface area contributed by atoms with E-state index >= 15 is 0 Å². The van der Waals surface area contributed by atoms with Crippen LogP contribution in [0.25, 0.3) is 0 Å². The number of carboxylic acid groups (broad SMARTS) is 1. The largest absolute Gasteiger partial charge is 0.477 e. The summed E-state index contributed by atoms with van der Waals surface area (Å²) < 4.78 is 0. The fraction of sp³-hybridized carbons (Fsp3) is 0.727. The molecule has 0 aliphatic carbocycles. The topological polar surface area (TPSA) is 177 Å². The van der Waals surface area contributed by atoms with Crippen LogP contribution in [0.3, 0.4) is 0 Å². The summed E-state index contributed by atoms with van der Waals surface area (Å²) >= 11 is 1.41. The van der Waals surface area contributed by atoms with Crippen molar-refractivity contribution in [1.29, 1.82) is 0 Å². The predicted molar refractivity (Wildman–Crippen MR) is 128 cm³/mol. The van der Waals surface area contributed by atoms with Crippen LogP contribution in [0.1, 0.15) is 20.3 Å². The van der Waals surface area contributed by atoms with Crippen molar-refractivity contribution < 1.29 is 29.4 Å². The van der Waals surface area contributed by atoms with E-state index in [-0.39, 0.29) is 53.7 Å². The van der Waals surface area contributed by atoms with Gasteiger partial charge in [-0.25, -0.2) is 4.79 Å². The lowest BCUT2D eigenvalue weighted by atomic mass is 9.78. The summed E-state index contributed by atoms with van der Waals surface area (Å²) in [5.41, 5.74) is 5.83. The Morgan fingerprint density at radius 2 is 2.03 bits per heavy atom. The first-order valence-corrected chi connectivity index (χ1v) is 12.8. The summed E-state index contributed by atoms with van der Waals surface area (Å²) in [6.07, 6.45) is -0.221. The molecule has 0 aromatic carbocycles. The fourth-order valence-electron chi connectivity index (χ4n) is 5.62. The molecule has 13 heteroatoms. The molecule has 0 radical (unpaired) electrons. The minimum atomic E-state index is -1.15. The molecule has 12 nitrogen and oxygen atoms in total. The van der Waals surface area contributed by atoms with E-state index in [0.29, 0.717) is 24.4 Å². The lowest BCUT2D eigenvalue weighted by Crippen LogP contribution is -2.66. The molecular formula is C22H34N6O6S. The van der Waals surface area contributed by atoms with Crippen LogP contribution in [0.15, 0.2) is 10.6 Å². The van der Waals surface area contributed by atoms with Gasteiger partial charge in [-0.05, 0) is 20.4 Å². The molecule has 194 valence electrons. The van der Waals surface area contributed by atoms with Gasteiger partial charge in [0, 0.05) is 47.8 Å². The lowest BCUT2D eigenvalue weighted by molar-refractivity contribution is -0.158. The maximum atomic E-state index is 13.0. The molecule has 0 spiro atoms. The van der Waals surface area contributed by atoms with Gasteiger partial charge in [0.1, 0.15) is 5.70 Å². The van der Waals surface area contributed by atoms with E-state index in [0.717, 1.165) is 0 Å². The number of β-lactam (4-membered cyclic amide) rings is 1. The summed E-state index contributed by atoms with van der Waals surface area (Å²) in [6, 6.07) is -1.64. The summed E-state index contributed by atoms with van der Waals surface area (Å²) in [6.45, 7) is 4.85. The van der Waals surface area contributed by atoms with Crippen LogP contribution in [0.2, 0.25) is 0 Å². The van der Waals surface area contributed by atoms with Crippen molar-refractivity contribution in [3.63, 3.8) is 0 Å². The average molecular weight is 511 g/mol. The third-order valence-corrected chi connectivity index (χ3v) is 8.89. The molecule has 3 amide bonds. The van der Waals surface area contributed by atoms with Crippen LogP contribution in [0.4, 0.5) is 0 Å². The Bertz CT molecular complexity index is 935. The molecule has 4 aliphatic rings. The van der Waals surface area contributed by atoms with Gasteiger partial charge in [-0.15, -0.1) is 11.8 Å². The van der Waals surface area contributed by atoms with Gasteiger partial charge in [0.15, 0.2) is 0 Å². The van der Waals surface area contributed by atoms with E-state index in [1.54, 1.807) is 18.9 Å². The second kappa shape index (κ2) is 10.1. The molecule has 8 atom stereocenters. The van der Waals surface area contributed by atoms with Crippen molar-refractivity contribution in [2.75, 3.05) is 33.2 Å². The van der Waals surface area contributed by atoms with Gasteiger partial charge >= 0.3 is 5.97 Å². The van der Waals surface area contributed by atoms with Crippen LogP contribution < -0.4 is 21.7 Å². The summed E-state index contributed by atoms with van der Waals surface area (Å²) in [5.74, 6) is -2.50. The number of hydrogen-bond donors (Lipinski definition) is 6. The van der Waals surface area contributed by atoms with Crippen molar-refractivity contribution >= 4 is 35.5 Å². The number of nitrogens with zero attached hydrogens (tertiary/aromatic N) is 2. The molecule has 0 unspecified atom stereocenters. The Morgan fingerprint density at radius 3 is 2.63 bits per heavy atom. The molecule has 3 fully saturated rings. The SMILES string of the molecule is CNCC(=O)N[C@H](C)[C@H]1C(=O)N2C(C(=O)O)=C(S[C@@H]3CN[C@H](C(=O)N4C[C@@H](N)[C@H](O)C4)C3)[C@H](C)[C@H]12. The molecular weight excluding hydrogens is 476 g/mol. The van der Waals surface area contributed by atoms with E-state index in [1.807, 2.05) is 6.92 Å². The number of carboxylic acids is 1. The molecule has 0 saturated carbocycles. The Hall–Kier alpha value is -2.19. The third kappa shape index (κ3) is 4.67. The van der Waals surface area contributed by atoms with E-state index in [1.165, 1.54) is 16.7 Å². The molecule has 4 heterocycles. The zero-order chi connectivity index (χ0) is 25.6. The number of thioether (sulfide) groups is 1. The monoisotopic (exact) mass is 510 g/mol. The maximum absolute atomic E-state index is 13.0. The molecule has 7 N–H and O–H groups in total. The quantitative estimate of drug-likeness (QED) is 0.191. The highest BCUT2D eigenvalue weighted by atomic mass is 32.2. The second-order valence-corrected chi connectivity index (χ2v) is 11.2. The molecule has 4 rings (SSSR count). The van der Waals surface area contributed by atoms with Crippen LogP contribution in [0, 0.1) is 11.8 Å². The number of β-amino-alcohol motifs (C(OH)–C–C–N with tert-alkyl or cyclic N) is 1. The van der Waals surface area contributed by atoms with Crippen molar-refractivity contribution in [3.05, 3.63) is 10.6 Å². The van der Waals surface area contributed by atoms with Crippen molar-refractivity contribution in [1.82, 2.24) is 25.8 Å². The number of hydrogen-bond acceptors (Lipinski definition) is 9.